The Kier molecular flexibility index (Phi) is 12.0. The molecule has 0 heterocycles. The van der Waals surface area contributed by atoms with E-state index in [0.717, 1.165) is 19.0 Å². The van der Waals surface area contributed by atoms with E-state index in [1.807, 2.05) is 0 Å². The molecular formula is C35H29Cl2SiZr-2. The van der Waals surface area contributed by atoms with E-state index in [9.17, 15) is 0 Å². The van der Waals surface area contributed by atoms with Crippen molar-refractivity contribution in [2.45, 2.75) is 32.7 Å². The molecule has 0 spiro atoms. The minimum atomic E-state index is 0. The van der Waals surface area contributed by atoms with E-state index >= 15 is 0 Å². The molecule has 0 nitrogen and oxygen atoms in total. The van der Waals surface area contributed by atoms with Gasteiger partial charge in [0.25, 0.3) is 0 Å². The predicted molar refractivity (Wildman–Crippen MR) is 154 cm³/mol. The fourth-order valence-corrected chi connectivity index (χ4v) is 6.86. The Bertz CT molecular complexity index is 1540. The maximum absolute atomic E-state index is 3.41. The normalized spacial score (nSPS) is 12.3. The number of hydrogen-bond donors (Lipinski definition) is 0. The Morgan fingerprint density at radius 1 is 0.590 bits per heavy atom. The van der Waals surface area contributed by atoms with Gasteiger partial charge in [-0.15, -0.1) is 34.4 Å². The Balaban J connectivity index is 0.000000162. The van der Waals surface area contributed by atoms with Crippen LogP contribution < -0.4 is 24.8 Å². The molecule has 2 aliphatic carbocycles. The Morgan fingerprint density at radius 3 is 1.38 bits per heavy atom. The quantitative estimate of drug-likeness (QED) is 0.206. The zero-order valence-electron chi connectivity index (χ0n) is 22.2. The molecule has 0 fully saturated rings. The molecule has 0 saturated heterocycles. The van der Waals surface area contributed by atoms with Crippen molar-refractivity contribution in [1.29, 1.82) is 0 Å². The summed E-state index contributed by atoms with van der Waals surface area (Å²) in [4.78, 5) is 0. The van der Waals surface area contributed by atoms with Gasteiger partial charge >= 0.3 is 71.4 Å². The van der Waals surface area contributed by atoms with E-state index in [1.165, 1.54) is 66.6 Å². The maximum atomic E-state index is 3.41. The molecule has 1 radical (unpaired) electrons. The summed E-state index contributed by atoms with van der Waals surface area (Å²) in [7, 11) is 0. The van der Waals surface area contributed by atoms with Crippen LogP contribution in [0.1, 0.15) is 41.7 Å². The van der Waals surface area contributed by atoms with Gasteiger partial charge in [-0.1, -0.05) is 86.0 Å². The molecule has 0 saturated carbocycles. The second kappa shape index (κ2) is 15.0. The van der Waals surface area contributed by atoms with Crippen LogP contribution in [0.5, 0.6) is 0 Å². The van der Waals surface area contributed by atoms with Crippen molar-refractivity contribution in [2.75, 3.05) is 0 Å². The molecule has 0 unspecified atom stereocenters. The number of allylic oxidation sites excluding steroid dienone is 2. The molecule has 0 aromatic heterocycles. The zero-order chi connectivity index (χ0) is 25.6. The van der Waals surface area contributed by atoms with Crippen molar-refractivity contribution in [3.63, 3.8) is 0 Å². The van der Waals surface area contributed by atoms with E-state index in [1.54, 1.807) is 23.3 Å². The molecule has 0 N–H and O–H groups in total. The zero-order valence-corrected chi connectivity index (χ0v) is 27.2. The van der Waals surface area contributed by atoms with Gasteiger partial charge in [-0.25, -0.2) is 0 Å². The van der Waals surface area contributed by atoms with Crippen LogP contribution in [0.15, 0.2) is 114 Å². The first-order chi connectivity index (χ1) is 18.1. The monoisotopic (exact) mass is 637 g/mol. The van der Waals surface area contributed by atoms with E-state index in [0.29, 0.717) is 0 Å². The van der Waals surface area contributed by atoms with Crippen LogP contribution in [-0.2, 0) is 42.2 Å². The molecule has 0 aliphatic heterocycles. The fourth-order valence-electron chi connectivity index (χ4n) is 4.92. The molecule has 5 aromatic carbocycles. The summed E-state index contributed by atoms with van der Waals surface area (Å²) in [5.41, 5.74) is 9.56. The van der Waals surface area contributed by atoms with Gasteiger partial charge in [-0.05, 0) is 10.8 Å². The van der Waals surface area contributed by atoms with Crippen LogP contribution in [0, 0.1) is 12.2 Å². The Labute approximate surface area is 261 Å². The topological polar surface area (TPSA) is 0 Å². The van der Waals surface area contributed by atoms with Crippen LogP contribution >= 0.6 is 0 Å². The molecular weight excluding hydrogens is 611 g/mol. The van der Waals surface area contributed by atoms with Gasteiger partial charge in [-0.3, -0.25) is 0 Å². The first-order valence-electron chi connectivity index (χ1n) is 12.7. The summed E-state index contributed by atoms with van der Waals surface area (Å²) in [5, 5.41) is 5.30. The minimum absolute atomic E-state index is 0. The van der Waals surface area contributed by atoms with Crippen LogP contribution in [0.4, 0.5) is 0 Å². The third-order valence-electron chi connectivity index (χ3n) is 6.69. The van der Waals surface area contributed by atoms with E-state index in [2.05, 4.69) is 129 Å². The van der Waals surface area contributed by atoms with Gasteiger partial charge < -0.3 is 24.8 Å². The summed E-state index contributed by atoms with van der Waals surface area (Å²) in [6, 6.07) is 38.0. The van der Waals surface area contributed by atoms with Crippen LogP contribution in [0.25, 0.3) is 21.5 Å². The van der Waals surface area contributed by atoms with Crippen LogP contribution in [-0.4, -0.2) is 6.16 Å². The molecule has 2 aliphatic rings. The van der Waals surface area contributed by atoms with Crippen molar-refractivity contribution >= 4 is 27.7 Å². The summed E-state index contributed by atoms with van der Waals surface area (Å²) in [6.45, 7) is 4.29. The number of hydrogen-bond acceptors (Lipinski definition) is 0. The molecule has 4 heteroatoms. The van der Waals surface area contributed by atoms with Crippen molar-refractivity contribution in [3.8, 4) is 0 Å². The number of benzene rings is 5. The molecule has 0 atom stereocenters. The van der Waals surface area contributed by atoms with Gasteiger partial charge in [0.1, 0.15) is 0 Å². The van der Waals surface area contributed by atoms with E-state index < -0.39 is 0 Å². The molecule has 7 rings (SSSR count). The van der Waals surface area contributed by atoms with Gasteiger partial charge in [0.05, 0.1) is 0 Å². The van der Waals surface area contributed by atoms with Crippen molar-refractivity contribution in [3.05, 3.63) is 154 Å². The number of halogens is 2. The first kappa shape index (κ1) is 31.3. The summed E-state index contributed by atoms with van der Waals surface area (Å²) < 4.78 is 0. The second-order valence-electron chi connectivity index (χ2n) is 9.72. The predicted octanol–water partition coefficient (Wildman–Crippen LogP) is 2.35. The fraction of sp³-hybridized carbons (Fsp3) is 0.143. The van der Waals surface area contributed by atoms with Gasteiger partial charge in [0.15, 0.2) is 0 Å². The van der Waals surface area contributed by atoms with E-state index in [-0.39, 0.29) is 24.8 Å². The number of rotatable bonds is 2. The van der Waals surface area contributed by atoms with Gasteiger partial charge in [0, 0.05) is 0 Å². The summed E-state index contributed by atoms with van der Waals surface area (Å²) in [6.07, 6.45) is 10.1. The Hall–Kier alpha value is -2.22. The molecule has 0 bridgehead atoms. The molecule has 0 amide bonds. The number of fused-ring (bicyclic) bond motifs is 4. The van der Waals surface area contributed by atoms with Crippen molar-refractivity contribution < 1.29 is 48.1 Å². The molecule has 193 valence electrons. The second-order valence-corrected chi connectivity index (χ2v) is 13.0. The van der Waals surface area contributed by atoms with Crippen molar-refractivity contribution in [2.24, 2.45) is 0 Å². The third kappa shape index (κ3) is 8.15. The first-order valence-corrected chi connectivity index (χ1v) is 17.6. The standard InChI is InChI=1S/2C14H11.C7H7Si.2ClH.Zr/c2*1-10-6-13-8-11-4-2-3-5-12(11)9-14(13)7-10;8-6-7-4-2-1-3-5-7;;;/h2*2-5,8-9H,6H2,1H3;1-5H,6H2;2*1H;/q2*-1;;;;+2/p-2. The van der Waals surface area contributed by atoms with Crippen LogP contribution in [0.2, 0.25) is 0 Å². The van der Waals surface area contributed by atoms with Crippen molar-refractivity contribution in [1.82, 2.24) is 0 Å². The van der Waals surface area contributed by atoms with E-state index in [4.69, 9.17) is 0 Å². The molecule has 39 heavy (non-hydrogen) atoms. The average Bonchev–Trinajstić information content (AvgIpc) is 3.46. The molecule has 5 aromatic rings. The summed E-state index contributed by atoms with van der Waals surface area (Å²) >= 11 is 1.66. The van der Waals surface area contributed by atoms with Gasteiger partial charge in [0.2, 0.25) is 0 Å². The third-order valence-corrected chi connectivity index (χ3v) is 8.57. The average molecular weight is 640 g/mol. The summed E-state index contributed by atoms with van der Waals surface area (Å²) in [5.74, 6) is 0. The SMILES string of the molecule is CC1=[C-]c2cc3ccccc3cc2C1.CC1=[C-]c2cc3ccccc3cc2C1.[Cl-].[Cl-].[Zr+2]=[Si]Cc1ccccc1. The van der Waals surface area contributed by atoms with Gasteiger partial charge in [-0.2, -0.15) is 35.4 Å². The van der Waals surface area contributed by atoms with Crippen LogP contribution in [0.3, 0.4) is 0 Å². The Morgan fingerprint density at radius 2 is 0.974 bits per heavy atom.